The average molecular weight is 593 g/mol. The molecule has 0 aliphatic carbocycles. The lowest BCUT2D eigenvalue weighted by molar-refractivity contribution is 0.849. The summed E-state index contributed by atoms with van der Waals surface area (Å²) in [6.45, 7) is 4.57. The summed E-state index contributed by atoms with van der Waals surface area (Å²) in [6, 6.07) is 53.2. The third-order valence-corrected chi connectivity index (χ3v) is 9.34. The first kappa shape index (κ1) is 27.9. The van der Waals surface area contributed by atoms with Crippen LogP contribution in [0.25, 0.3) is 49.7 Å². The van der Waals surface area contributed by atoms with Gasteiger partial charge in [-0.2, -0.15) is 0 Å². The molecule has 2 nitrogen and oxygen atoms in total. The van der Waals surface area contributed by atoms with E-state index in [1.165, 1.54) is 66.7 Å². The van der Waals surface area contributed by atoms with Crippen molar-refractivity contribution < 1.29 is 0 Å². The molecule has 0 fully saturated rings. The predicted octanol–water partition coefficient (Wildman–Crippen LogP) is 11.9. The van der Waals surface area contributed by atoms with Crippen molar-refractivity contribution >= 4 is 33.2 Å². The molecule has 0 bridgehead atoms. The number of benzene rings is 6. The minimum Gasteiger partial charge on any atom is -0.335 e. The monoisotopic (exact) mass is 592 g/mol. The molecule has 2 atom stereocenters. The summed E-state index contributed by atoms with van der Waals surface area (Å²) in [6.07, 6.45) is 8.96. The normalized spacial score (nSPS) is 17.7. The fraction of sp³-hybridized carbons (Fsp3) is 0.0909. The van der Waals surface area contributed by atoms with Crippen molar-refractivity contribution in [1.82, 2.24) is 4.57 Å². The van der Waals surface area contributed by atoms with E-state index >= 15 is 0 Å². The summed E-state index contributed by atoms with van der Waals surface area (Å²) < 4.78 is 2.41. The molecule has 7 aromatic rings. The number of anilines is 2. The van der Waals surface area contributed by atoms with Gasteiger partial charge in [0, 0.05) is 39.8 Å². The van der Waals surface area contributed by atoms with Gasteiger partial charge in [-0.15, -0.1) is 0 Å². The molecule has 2 unspecified atom stereocenters. The zero-order chi connectivity index (χ0) is 31.0. The van der Waals surface area contributed by atoms with E-state index in [-0.39, 0.29) is 12.0 Å². The van der Waals surface area contributed by atoms with Crippen LogP contribution < -0.4 is 4.90 Å². The first-order chi connectivity index (χ1) is 22.7. The molecule has 1 aliphatic heterocycles. The van der Waals surface area contributed by atoms with Crippen molar-refractivity contribution in [3.63, 3.8) is 0 Å². The number of nitrogens with zero attached hydrogens (tertiary/aromatic N) is 2. The maximum absolute atomic E-state index is 2.46. The van der Waals surface area contributed by atoms with Gasteiger partial charge in [0.25, 0.3) is 0 Å². The van der Waals surface area contributed by atoms with Gasteiger partial charge in [-0.05, 0) is 89.3 Å². The Hall–Kier alpha value is -5.60. The lowest BCUT2D eigenvalue weighted by Crippen LogP contribution is -2.27. The highest BCUT2D eigenvalue weighted by molar-refractivity contribution is 6.10. The standard InChI is InChI=1S/C44H36N2/c1-31-14-9-10-15-32(2)45(37-19-7-4-8-20-37)43-26-24-35(29-40(31)43)36-25-27-44-41(30-36)39-22-11-12-23-42(39)46(44)38-21-13-18-34(28-38)33-16-5-3-6-17-33/h3-32H,1-2H3/b14-9-,15-10-. The minimum absolute atomic E-state index is 0.213. The van der Waals surface area contributed by atoms with E-state index in [2.05, 4.69) is 193 Å². The summed E-state index contributed by atoms with van der Waals surface area (Å²) >= 11 is 0. The van der Waals surface area contributed by atoms with Crippen molar-refractivity contribution in [2.24, 2.45) is 0 Å². The van der Waals surface area contributed by atoms with Crippen LogP contribution in [-0.2, 0) is 0 Å². The molecule has 0 amide bonds. The Labute approximate surface area is 271 Å². The lowest BCUT2D eigenvalue weighted by Gasteiger charge is -2.32. The molecule has 8 rings (SSSR count). The molecule has 1 aliphatic rings. The summed E-state index contributed by atoms with van der Waals surface area (Å²) in [7, 11) is 0. The Morgan fingerprint density at radius 2 is 1.09 bits per heavy atom. The molecule has 1 aromatic heterocycles. The quantitative estimate of drug-likeness (QED) is 0.197. The van der Waals surface area contributed by atoms with Crippen LogP contribution >= 0.6 is 0 Å². The van der Waals surface area contributed by atoms with Crippen LogP contribution in [0.2, 0.25) is 0 Å². The summed E-state index contributed by atoms with van der Waals surface area (Å²) in [5.41, 5.74) is 12.3. The molecule has 2 heteroatoms. The molecule has 0 saturated heterocycles. The largest absolute Gasteiger partial charge is 0.335 e. The van der Waals surface area contributed by atoms with Crippen LogP contribution in [0.1, 0.15) is 25.3 Å². The van der Waals surface area contributed by atoms with Gasteiger partial charge in [-0.1, -0.05) is 122 Å². The highest BCUT2D eigenvalue weighted by Gasteiger charge is 2.22. The number of allylic oxidation sites excluding steroid dienone is 3. The van der Waals surface area contributed by atoms with Gasteiger partial charge in [0.05, 0.1) is 11.0 Å². The number of fused-ring (bicyclic) bond motifs is 4. The Morgan fingerprint density at radius 1 is 0.457 bits per heavy atom. The van der Waals surface area contributed by atoms with E-state index in [0.717, 1.165) is 0 Å². The summed E-state index contributed by atoms with van der Waals surface area (Å²) in [5.74, 6) is 0.263. The SMILES string of the molecule is CC1/C=C\C=C/C(C)N(c2ccccc2)c2ccc(-c3ccc4c(c3)c3ccccc3n4-c3cccc(-c4ccccc4)c3)cc21. The highest BCUT2D eigenvalue weighted by Crippen LogP contribution is 2.40. The van der Waals surface area contributed by atoms with E-state index in [0.29, 0.717) is 0 Å². The topological polar surface area (TPSA) is 8.17 Å². The van der Waals surface area contributed by atoms with E-state index in [1.807, 2.05) is 0 Å². The Kier molecular flexibility index (Phi) is 7.11. The van der Waals surface area contributed by atoms with Crippen LogP contribution in [0.5, 0.6) is 0 Å². The maximum Gasteiger partial charge on any atom is 0.0541 e. The van der Waals surface area contributed by atoms with Crippen molar-refractivity contribution in [1.29, 1.82) is 0 Å². The van der Waals surface area contributed by atoms with Crippen LogP contribution in [-0.4, -0.2) is 10.6 Å². The second-order valence-corrected chi connectivity index (χ2v) is 12.3. The fourth-order valence-electron chi connectivity index (χ4n) is 7.03. The smallest absolute Gasteiger partial charge is 0.0541 e. The van der Waals surface area contributed by atoms with Crippen LogP contribution in [0.3, 0.4) is 0 Å². The maximum atomic E-state index is 2.46. The first-order valence-electron chi connectivity index (χ1n) is 16.2. The van der Waals surface area contributed by atoms with Gasteiger partial charge in [0.1, 0.15) is 0 Å². The highest BCUT2D eigenvalue weighted by atomic mass is 15.2. The van der Waals surface area contributed by atoms with Gasteiger partial charge in [0.2, 0.25) is 0 Å². The van der Waals surface area contributed by atoms with Crippen LogP contribution in [0.15, 0.2) is 170 Å². The van der Waals surface area contributed by atoms with Gasteiger partial charge < -0.3 is 9.47 Å². The van der Waals surface area contributed by atoms with Crippen molar-refractivity contribution in [2.45, 2.75) is 25.8 Å². The molecule has 6 aromatic carbocycles. The van der Waals surface area contributed by atoms with Gasteiger partial charge in [0.15, 0.2) is 0 Å². The molecular formula is C44H36N2. The van der Waals surface area contributed by atoms with E-state index < -0.39 is 0 Å². The molecule has 222 valence electrons. The predicted molar refractivity (Wildman–Crippen MR) is 196 cm³/mol. The summed E-state index contributed by atoms with van der Waals surface area (Å²) in [4.78, 5) is 2.46. The van der Waals surface area contributed by atoms with Crippen LogP contribution in [0.4, 0.5) is 11.4 Å². The molecular weight excluding hydrogens is 556 g/mol. The molecule has 46 heavy (non-hydrogen) atoms. The Morgan fingerprint density at radius 3 is 1.93 bits per heavy atom. The van der Waals surface area contributed by atoms with Crippen LogP contribution in [0, 0.1) is 0 Å². The van der Waals surface area contributed by atoms with Gasteiger partial charge in [-0.25, -0.2) is 0 Å². The first-order valence-corrected chi connectivity index (χ1v) is 16.2. The molecule has 2 heterocycles. The van der Waals surface area contributed by atoms with E-state index in [9.17, 15) is 0 Å². The fourth-order valence-corrected chi connectivity index (χ4v) is 7.03. The van der Waals surface area contributed by atoms with E-state index in [4.69, 9.17) is 0 Å². The van der Waals surface area contributed by atoms with E-state index in [1.54, 1.807) is 0 Å². The molecule has 0 spiro atoms. The minimum atomic E-state index is 0.213. The summed E-state index contributed by atoms with van der Waals surface area (Å²) in [5, 5.41) is 2.53. The number of para-hydroxylation sites is 2. The Bertz CT molecular complexity index is 2240. The van der Waals surface area contributed by atoms with Gasteiger partial charge >= 0.3 is 0 Å². The number of aromatic nitrogens is 1. The third-order valence-electron chi connectivity index (χ3n) is 9.34. The van der Waals surface area contributed by atoms with Crippen molar-refractivity contribution in [3.05, 3.63) is 175 Å². The van der Waals surface area contributed by atoms with Crippen molar-refractivity contribution in [3.8, 4) is 27.9 Å². The third kappa shape index (κ3) is 4.93. The number of hydrogen-bond acceptors (Lipinski definition) is 1. The lowest BCUT2D eigenvalue weighted by atomic mass is 9.92. The number of rotatable bonds is 4. The van der Waals surface area contributed by atoms with Gasteiger partial charge in [-0.3, -0.25) is 0 Å². The Balaban J connectivity index is 1.27. The molecule has 0 N–H and O–H groups in total. The zero-order valence-corrected chi connectivity index (χ0v) is 26.2. The second-order valence-electron chi connectivity index (χ2n) is 12.3. The average Bonchev–Trinajstić information content (AvgIpc) is 3.47. The van der Waals surface area contributed by atoms with Crippen molar-refractivity contribution in [2.75, 3.05) is 4.90 Å². The second kappa shape index (κ2) is 11.7. The molecule has 0 saturated carbocycles. The molecule has 0 radical (unpaired) electrons. The number of hydrogen-bond donors (Lipinski definition) is 0. The zero-order valence-electron chi connectivity index (χ0n) is 26.2.